The van der Waals surface area contributed by atoms with Crippen molar-refractivity contribution in [1.29, 1.82) is 0 Å². The molecule has 0 saturated carbocycles. The molecule has 0 saturated heterocycles. The standard InChI is InChI=1S/C9H10NO2/c1-2-7(9(11)12)8-5-3-4-6-10-8/h3,5-7H,2H2,1H3,(H,11,12). The first-order valence-corrected chi connectivity index (χ1v) is 3.80. The smallest absolute Gasteiger partial charge is 0.312 e. The molecule has 0 amide bonds. The number of carbonyl (C=O) groups is 1. The van der Waals surface area contributed by atoms with Crippen LogP contribution in [0.2, 0.25) is 0 Å². The fraction of sp³-hybridized carbons (Fsp3) is 0.333. The molecule has 0 aliphatic rings. The first kappa shape index (κ1) is 8.71. The van der Waals surface area contributed by atoms with Gasteiger partial charge >= 0.3 is 5.97 Å². The van der Waals surface area contributed by atoms with Crippen LogP contribution in [0.5, 0.6) is 0 Å². The molecule has 1 aromatic heterocycles. The minimum absolute atomic E-state index is 0.486. The topological polar surface area (TPSA) is 50.2 Å². The first-order valence-electron chi connectivity index (χ1n) is 3.80. The summed E-state index contributed by atoms with van der Waals surface area (Å²) in [6.07, 6.45) is 2.05. The third-order valence-corrected chi connectivity index (χ3v) is 1.70. The predicted molar refractivity (Wildman–Crippen MR) is 43.7 cm³/mol. The van der Waals surface area contributed by atoms with E-state index in [0.717, 1.165) is 0 Å². The van der Waals surface area contributed by atoms with Crippen molar-refractivity contribution >= 4 is 5.97 Å². The van der Waals surface area contributed by atoms with Crippen LogP contribution in [0.1, 0.15) is 25.0 Å². The number of rotatable bonds is 3. The van der Waals surface area contributed by atoms with E-state index in [1.165, 1.54) is 6.20 Å². The van der Waals surface area contributed by atoms with Crippen molar-refractivity contribution in [2.45, 2.75) is 19.3 Å². The second-order valence-electron chi connectivity index (χ2n) is 2.48. The number of aliphatic carboxylic acids is 1. The zero-order chi connectivity index (χ0) is 8.97. The van der Waals surface area contributed by atoms with E-state index in [2.05, 4.69) is 11.1 Å². The summed E-state index contributed by atoms with van der Waals surface area (Å²) in [5.74, 6) is -1.31. The molecule has 1 atom stereocenters. The van der Waals surface area contributed by atoms with Gasteiger partial charge in [0, 0.05) is 12.3 Å². The maximum atomic E-state index is 10.7. The average molecular weight is 164 g/mol. The van der Waals surface area contributed by atoms with Crippen LogP contribution in [-0.4, -0.2) is 16.1 Å². The van der Waals surface area contributed by atoms with E-state index in [9.17, 15) is 4.79 Å². The van der Waals surface area contributed by atoms with E-state index in [4.69, 9.17) is 5.11 Å². The molecule has 0 aromatic carbocycles. The fourth-order valence-corrected chi connectivity index (χ4v) is 1.05. The van der Waals surface area contributed by atoms with Gasteiger partial charge in [-0.25, -0.2) is 0 Å². The summed E-state index contributed by atoms with van der Waals surface area (Å²) in [6, 6.07) is 6.10. The highest BCUT2D eigenvalue weighted by molar-refractivity contribution is 5.75. The van der Waals surface area contributed by atoms with Crippen molar-refractivity contribution in [3.05, 3.63) is 30.1 Å². The van der Waals surface area contributed by atoms with E-state index in [0.29, 0.717) is 12.1 Å². The van der Waals surface area contributed by atoms with E-state index >= 15 is 0 Å². The average Bonchev–Trinajstić information content (AvgIpc) is 2.07. The molecular weight excluding hydrogens is 154 g/mol. The Bertz CT molecular complexity index is 258. The molecule has 1 unspecified atom stereocenters. The third-order valence-electron chi connectivity index (χ3n) is 1.70. The lowest BCUT2D eigenvalue weighted by Crippen LogP contribution is -2.11. The van der Waals surface area contributed by atoms with E-state index < -0.39 is 11.9 Å². The highest BCUT2D eigenvalue weighted by Crippen LogP contribution is 2.16. The second kappa shape index (κ2) is 3.85. The van der Waals surface area contributed by atoms with Gasteiger partial charge in [-0.3, -0.25) is 9.78 Å². The zero-order valence-corrected chi connectivity index (χ0v) is 6.82. The predicted octanol–water partition coefficient (Wildman–Crippen LogP) is 1.46. The van der Waals surface area contributed by atoms with Crippen molar-refractivity contribution in [2.75, 3.05) is 0 Å². The molecule has 1 rings (SSSR count). The van der Waals surface area contributed by atoms with Gasteiger partial charge in [0.1, 0.15) is 0 Å². The Morgan fingerprint density at radius 3 is 3.00 bits per heavy atom. The third kappa shape index (κ3) is 1.81. The zero-order valence-electron chi connectivity index (χ0n) is 6.82. The minimum Gasteiger partial charge on any atom is -0.481 e. The molecule has 3 heteroatoms. The number of pyridine rings is 1. The van der Waals surface area contributed by atoms with Gasteiger partial charge in [-0.2, -0.15) is 0 Å². The van der Waals surface area contributed by atoms with Gasteiger partial charge in [-0.05, 0) is 12.5 Å². The molecular formula is C9H10NO2. The van der Waals surface area contributed by atoms with Crippen LogP contribution in [-0.2, 0) is 4.79 Å². The summed E-state index contributed by atoms with van der Waals surface area (Å²) >= 11 is 0. The summed E-state index contributed by atoms with van der Waals surface area (Å²) in [7, 11) is 0. The van der Waals surface area contributed by atoms with Crippen LogP contribution in [0.3, 0.4) is 0 Å². The molecule has 0 aliphatic heterocycles. The Kier molecular flexibility index (Phi) is 2.80. The summed E-state index contributed by atoms with van der Waals surface area (Å²) < 4.78 is 0. The molecule has 1 aromatic rings. The summed E-state index contributed by atoms with van der Waals surface area (Å²) in [5, 5.41) is 8.78. The van der Waals surface area contributed by atoms with Crippen LogP contribution in [0, 0.1) is 6.07 Å². The number of carboxylic acid groups (broad SMARTS) is 1. The highest BCUT2D eigenvalue weighted by Gasteiger charge is 2.17. The lowest BCUT2D eigenvalue weighted by Gasteiger charge is -2.07. The largest absolute Gasteiger partial charge is 0.481 e. The number of aromatic nitrogens is 1. The fourth-order valence-electron chi connectivity index (χ4n) is 1.05. The summed E-state index contributed by atoms with van der Waals surface area (Å²) in [5.41, 5.74) is 0.601. The van der Waals surface area contributed by atoms with Crippen molar-refractivity contribution in [3.63, 3.8) is 0 Å². The summed E-state index contributed by atoms with van der Waals surface area (Å²) in [4.78, 5) is 14.6. The molecule has 0 fully saturated rings. The molecule has 1 N–H and O–H groups in total. The van der Waals surface area contributed by atoms with Crippen molar-refractivity contribution < 1.29 is 9.90 Å². The SMILES string of the molecule is CCC(C(=O)O)c1cc[c]cn1. The van der Waals surface area contributed by atoms with Gasteiger partial charge in [0.05, 0.1) is 11.6 Å². The molecule has 1 radical (unpaired) electrons. The number of carboxylic acids is 1. The van der Waals surface area contributed by atoms with Crippen LogP contribution in [0.25, 0.3) is 0 Å². The van der Waals surface area contributed by atoms with Crippen molar-refractivity contribution in [1.82, 2.24) is 4.98 Å². The Labute approximate surface area is 71.1 Å². The van der Waals surface area contributed by atoms with Crippen LogP contribution in [0.15, 0.2) is 18.3 Å². The quantitative estimate of drug-likeness (QED) is 0.735. The van der Waals surface area contributed by atoms with Crippen LogP contribution in [0.4, 0.5) is 0 Å². The van der Waals surface area contributed by atoms with E-state index in [1.54, 1.807) is 12.1 Å². The Morgan fingerprint density at radius 1 is 1.83 bits per heavy atom. The van der Waals surface area contributed by atoms with Crippen LogP contribution >= 0.6 is 0 Å². The van der Waals surface area contributed by atoms with Crippen molar-refractivity contribution in [2.24, 2.45) is 0 Å². The molecule has 1 heterocycles. The molecule has 0 spiro atoms. The monoisotopic (exact) mass is 164 g/mol. The number of hydrogen-bond acceptors (Lipinski definition) is 2. The normalized spacial score (nSPS) is 12.4. The van der Waals surface area contributed by atoms with E-state index in [-0.39, 0.29) is 0 Å². The molecule has 0 bridgehead atoms. The molecule has 12 heavy (non-hydrogen) atoms. The van der Waals surface area contributed by atoms with Gasteiger partial charge in [0.25, 0.3) is 0 Å². The van der Waals surface area contributed by atoms with Gasteiger partial charge in [0.2, 0.25) is 0 Å². The maximum Gasteiger partial charge on any atom is 0.312 e. The minimum atomic E-state index is -0.823. The first-order chi connectivity index (χ1) is 5.75. The van der Waals surface area contributed by atoms with Gasteiger partial charge in [0.15, 0.2) is 0 Å². The maximum absolute atomic E-state index is 10.7. The van der Waals surface area contributed by atoms with E-state index in [1.807, 2.05) is 6.92 Å². The van der Waals surface area contributed by atoms with Crippen LogP contribution < -0.4 is 0 Å². The van der Waals surface area contributed by atoms with Gasteiger partial charge in [-0.15, -0.1) is 0 Å². The molecule has 0 aliphatic carbocycles. The Morgan fingerprint density at radius 2 is 2.58 bits per heavy atom. The lowest BCUT2D eigenvalue weighted by molar-refractivity contribution is -0.138. The summed E-state index contributed by atoms with van der Waals surface area (Å²) in [6.45, 7) is 1.83. The van der Waals surface area contributed by atoms with Crippen molar-refractivity contribution in [3.8, 4) is 0 Å². The molecule has 3 nitrogen and oxygen atoms in total. The lowest BCUT2D eigenvalue weighted by atomic mass is 10.0. The second-order valence-corrected chi connectivity index (χ2v) is 2.48. The highest BCUT2D eigenvalue weighted by atomic mass is 16.4. The number of hydrogen-bond donors (Lipinski definition) is 1. The Balaban J connectivity index is 2.88. The van der Waals surface area contributed by atoms with Gasteiger partial charge < -0.3 is 5.11 Å². The number of nitrogens with zero attached hydrogens (tertiary/aromatic N) is 1. The Hall–Kier alpha value is -1.38. The van der Waals surface area contributed by atoms with Gasteiger partial charge in [-0.1, -0.05) is 13.0 Å². The molecule has 63 valence electrons.